The molecule has 1 aliphatic heterocycles. The summed E-state index contributed by atoms with van der Waals surface area (Å²) in [6.07, 6.45) is 5.63. The van der Waals surface area contributed by atoms with Crippen molar-refractivity contribution in [2.45, 2.75) is 50.9 Å². The number of allylic oxidation sites excluding steroid dienone is 1. The van der Waals surface area contributed by atoms with Gasteiger partial charge in [-0.25, -0.2) is 9.18 Å². The quantitative estimate of drug-likeness (QED) is 0.381. The largest absolute Gasteiger partial charge is 0.461 e. The van der Waals surface area contributed by atoms with E-state index in [4.69, 9.17) is 4.74 Å². The van der Waals surface area contributed by atoms with E-state index in [1.807, 2.05) is 11.0 Å². The zero-order valence-corrected chi connectivity index (χ0v) is 20.7. The minimum absolute atomic E-state index is 0.0101. The van der Waals surface area contributed by atoms with Gasteiger partial charge >= 0.3 is 5.97 Å². The number of nitrogens with zero attached hydrogens (tertiary/aromatic N) is 4. The summed E-state index contributed by atoms with van der Waals surface area (Å²) >= 11 is 1.26. The highest BCUT2D eigenvalue weighted by Gasteiger charge is 2.41. The predicted molar refractivity (Wildman–Crippen MR) is 129 cm³/mol. The van der Waals surface area contributed by atoms with E-state index in [0.717, 1.165) is 18.4 Å². The molecule has 2 unspecified atom stereocenters. The number of carbonyl (C=O) groups excluding carboxylic acids is 3. The van der Waals surface area contributed by atoms with Crippen molar-refractivity contribution in [2.24, 2.45) is 5.92 Å². The second-order valence-corrected chi connectivity index (χ2v) is 10.1. The fourth-order valence-corrected chi connectivity index (χ4v) is 5.28. The van der Waals surface area contributed by atoms with Gasteiger partial charge in [-0.2, -0.15) is 9.90 Å². The minimum atomic E-state index is -0.659. The van der Waals surface area contributed by atoms with Crippen molar-refractivity contribution in [3.8, 4) is 0 Å². The van der Waals surface area contributed by atoms with E-state index in [2.05, 4.69) is 10.2 Å². The normalized spacial score (nSPS) is 20.5. The molecule has 0 bridgehead atoms. The number of carbonyl (C=O) groups is 3. The maximum absolute atomic E-state index is 14.8. The molecule has 2 atom stereocenters. The number of rotatable bonds is 9. The topological polar surface area (TPSA) is 94.4 Å². The average Bonchev–Trinajstić information content (AvgIpc) is 3.57. The maximum atomic E-state index is 14.8. The zero-order chi connectivity index (χ0) is 24.9. The van der Waals surface area contributed by atoms with Gasteiger partial charge in [0.15, 0.2) is 16.6 Å². The molecule has 8 nitrogen and oxygen atoms in total. The van der Waals surface area contributed by atoms with Crippen molar-refractivity contribution in [1.82, 2.24) is 19.9 Å². The summed E-state index contributed by atoms with van der Waals surface area (Å²) in [5.74, 6) is -0.887. The van der Waals surface area contributed by atoms with Crippen LogP contribution in [0.3, 0.4) is 0 Å². The Morgan fingerprint density at radius 2 is 2.03 bits per heavy atom. The van der Waals surface area contributed by atoms with Gasteiger partial charge in [-0.05, 0) is 37.8 Å². The molecule has 0 spiro atoms. The number of Topliss-reactive ketones (excluding diaryl/α,β-unsaturated/α-hetero) is 1. The van der Waals surface area contributed by atoms with Gasteiger partial charge in [0.2, 0.25) is 0 Å². The molecule has 1 saturated carbocycles. The Morgan fingerprint density at radius 3 is 2.71 bits per heavy atom. The molecule has 1 aromatic heterocycles. The van der Waals surface area contributed by atoms with Crippen LogP contribution in [-0.4, -0.2) is 61.7 Å². The van der Waals surface area contributed by atoms with Crippen LogP contribution in [0.25, 0.3) is 0 Å². The maximum Gasteiger partial charge on any atom is 0.360 e. The van der Waals surface area contributed by atoms with E-state index in [1.165, 1.54) is 35.7 Å². The Hall–Kier alpha value is -2.85. The van der Waals surface area contributed by atoms with Crippen LogP contribution in [0, 0.1) is 11.7 Å². The third-order valence-corrected chi connectivity index (χ3v) is 7.29. The molecule has 2 heterocycles. The van der Waals surface area contributed by atoms with Crippen LogP contribution in [0.1, 0.15) is 55.2 Å². The molecular formula is C25H29FN4O4S. The summed E-state index contributed by atoms with van der Waals surface area (Å²) < 4.78 is 19.7. The second-order valence-electron chi connectivity index (χ2n) is 8.74. The van der Waals surface area contributed by atoms with Crippen LogP contribution >= 0.6 is 11.8 Å². The highest BCUT2D eigenvalue weighted by Crippen LogP contribution is 2.40. The van der Waals surface area contributed by atoms with Crippen LogP contribution in [0.4, 0.5) is 4.39 Å². The molecular weight excluding hydrogens is 471 g/mol. The van der Waals surface area contributed by atoms with Gasteiger partial charge in [0.05, 0.1) is 25.4 Å². The van der Waals surface area contributed by atoms with E-state index < -0.39 is 12.0 Å². The number of esters is 1. The van der Waals surface area contributed by atoms with Crippen LogP contribution in [0.5, 0.6) is 0 Å². The number of aromatic nitrogens is 3. The molecule has 1 saturated heterocycles. The molecule has 0 amide bonds. The number of benzene rings is 1. The Balaban J connectivity index is 1.57. The summed E-state index contributed by atoms with van der Waals surface area (Å²) in [7, 11) is 0. The Kier molecular flexibility index (Phi) is 8.12. The molecule has 186 valence electrons. The molecule has 2 fully saturated rings. The van der Waals surface area contributed by atoms with E-state index in [-0.39, 0.29) is 40.2 Å². The molecule has 10 heteroatoms. The van der Waals surface area contributed by atoms with Crippen molar-refractivity contribution in [1.29, 1.82) is 0 Å². The molecule has 2 aromatic rings. The summed E-state index contributed by atoms with van der Waals surface area (Å²) in [6.45, 7) is 4.79. The predicted octanol–water partition coefficient (Wildman–Crippen LogP) is 3.59. The summed E-state index contributed by atoms with van der Waals surface area (Å²) in [6, 6.07) is 5.80. The Morgan fingerprint density at radius 1 is 1.26 bits per heavy atom. The van der Waals surface area contributed by atoms with Crippen molar-refractivity contribution >= 4 is 28.6 Å². The van der Waals surface area contributed by atoms with E-state index >= 15 is 0 Å². The van der Waals surface area contributed by atoms with Crippen LogP contribution in [-0.2, 0) is 20.9 Å². The average molecular weight is 501 g/mol. The van der Waals surface area contributed by atoms with Gasteiger partial charge in [-0.1, -0.05) is 36.0 Å². The second kappa shape index (κ2) is 11.3. The van der Waals surface area contributed by atoms with Gasteiger partial charge < -0.3 is 4.74 Å². The molecule has 2 aliphatic rings. The lowest BCUT2D eigenvalue weighted by Gasteiger charge is -2.38. The van der Waals surface area contributed by atoms with Crippen molar-refractivity contribution in [3.05, 3.63) is 59.2 Å². The van der Waals surface area contributed by atoms with Crippen molar-refractivity contribution in [3.63, 3.8) is 0 Å². The number of likely N-dealkylation sites (tertiary alicyclic amines) is 1. The number of hydrogen-bond acceptors (Lipinski definition) is 8. The van der Waals surface area contributed by atoms with Gasteiger partial charge in [0.1, 0.15) is 5.82 Å². The lowest BCUT2D eigenvalue weighted by Crippen LogP contribution is -2.43. The fraction of sp³-hybridized carbons (Fsp3) is 0.480. The number of ether oxygens (including phenoxy) is 1. The van der Waals surface area contributed by atoms with E-state index in [0.29, 0.717) is 31.6 Å². The van der Waals surface area contributed by atoms with Gasteiger partial charge in [0.25, 0.3) is 0 Å². The number of piperidine rings is 1. The van der Waals surface area contributed by atoms with Crippen LogP contribution < -0.4 is 0 Å². The standard InChI is InChI=1S/C25H29FN4O4S/c1-3-34-25(33)21-14-27-30(28-21)13-10-18-15-29(12-11-22(18)35-16(2)31)23(24(32)17-8-9-17)19-6-4-5-7-20(19)26/h4-7,10,14,17,22-23H,3,8-9,11-13,15H2,1-2H3/b18-10-. The van der Waals surface area contributed by atoms with Crippen LogP contribution in [0.2, 0.25) is 0 Å². The molecule has 1 aromatic carbocycles. The Bertz CT molecular complexity index is 1130. The molecule has 35 heavy (non-hydrogen) atoms. The lowest BCUT2D eigenvalue weighted by atomic mass is 9.93. The van der Waals surface area contributed by atoms with Gasteiger partial charge in [-0.15, -0.1) is 5.10 Å². The first kappa shape index (κ1) is 25.2. The zero-order valence-electron chi connectivity index (χ0n) is 19.9. The molecule has 4 rings (SSSR count). The number of thioether (sulfide) groups is 1. The third kappa shape index (κ3) is 6.24. The first-order chi connectivity index (χ1) is 16.9. The first-order valence-electron chi connectivity index (χ1n) is 11.8. The smallest absolute Gasteiger partial charge is 0.360 e. The van der Waals surface area contributed by atoms with Gasteiger partial charge in [0, 0.05) is 36.7 Å². The minimum Gasteiger partial charge on any atom is -0.461 e. The molecule has 1 aliphatic carbocycles. The summed E-state index contributed by atoms with van der Waals surface area (Å²) in [5.41, 5.74) is 1.48. The number of ketones is 1. The highest BCUT2D eigenvalue weighted by molar-refractivity contribution is 8.14. The number of hydrogen-bond donors (Lipinski definition) is 0. The summed E-state index contributed by atoms with van der Waals surface area (Å²) in [4.78, 5) is 40.4. The first-order valence-corrected chi connectivity index (χ1v) is 12.7. The van der Waals surface area contributed by atoms with Crippen LogP contribution in [0.15, 0.2) is 42.1 Å². The van der Waals surface area contributed by atoms with Gasteiger partial charge in [-0.3, -0.25) is 14.5 Å². The highest BCUT2D eigenvalue weighted by atomic mass is 32.2. The van der Waals surface area contributed by atoms with E-state index in [1.54, 1.807) is 25.1 Å². The Labute approximate surface area is 207 Å². The fourth-order valence-electron chi connectivity index (χ4n) is 4.34. The third-order valence-electron chi connectivity index (χ3n) is 6.14. The lowest BCUT2D eigenvalue weighted by molar-refractivity contribution is -0.126. The van der Waals surface area contributed by atoms with Crippen molar-refractivity contribution < 1.29 is 23.5 Å². The molecule has 0 radical (unpaired) electrons. The number of halogens is 1. The van der Waals surface area contributed by atoms with Crippen molar-refractivity contribution in [2.75, 3.05) is 19.7 Å². The molecule has 0 N–H and O–H groups in total. The monoisotopic (exact) mass is 500 g/mol. The van der Waals surface area contributed by atoms with E-state index in [9.17, 15) is 18.8 Å². The summed E-state index contributed by atoms with van der Waals surface area (Å²) in [5, 5.41) is 8.26. The SMILES string of the molecule is CCOC(=O)c1cnn(C/C=C2/CN(C(C(=O)C3CC3)c3ccccc3F)CCC2SC(C)=O)n1.